The van der Waals surface area contributed by atoms with Crippen LogP contribution in [0, 0.1) is 12.7 Å². The van der Waals surface area contributed by atoms with Crippen LogP contribution in [0.3, 0.4) is 0 Å². The van der Waals surface area contributed by atoms with E-state index >= 15 is 0 Å². The highest BCUT2D eigenvalue weighted by Crippen LogP contribution is 2.12. The van der Waals surface area contributed by atoms with Crippen LogP contribution in [-0.4, -0.2) is 22.1 Å². The Labute approximate surface area is 131 Å². The summed E-state index contributed by atoms with van der Waals surface area (Å²) in [6.07, 6.45) is 2.23. The topological polar surface area (TPSA) is 74.8 Å². The molecule has 0 aliphatic carbocycles. The zero-order chi connectivity index (χ0) is 16.1. The number of rotatable bonds is 5. The molecule has 0 saturated carbocycles. The lowest BCUT2D eigenvalue weighted by Gasteiger charge is -2.07. The number of aromatic nitrogens is 2. The first-order valence-electron chi connectivity index (χ1n) is 6.69. The van der Waals surface area contributed by atoms with Gasteiger partial charge in [0, 0.05) is 23.4 Å². The van der Waals surface area contributed by atoms with E-state index in [0.29, 0.717) is 22.1 Å². The van der Waals surface area contributed by atoms with Crippen molar-refractivity contribution in [3.8, 4) is 0 Å². The Bertz CT molecular complexity index is 746. The van der Waals surface area contributed by atoms with Crippen LogP contribution < -0.4 is 10.9 Å². The van der Waals surface area contributed by atoms with Gasteiger partial charge in [-0.15, -0.1) is 0 Å². The van der Waals surface area contributed by atoms with Crippen molar-refractivity contribution in [1.82, 2.24) is 9.97 Å². The summed E-state index contributed by atoms with van der Waals surface area (Å²) in [6.45, 7) is 1.74. The molecule has 22 heavy (non-hydrogen) atoms. The number of nitrogens with one attached hydrogen (secondary N) is 2. The molecule has 2 N–H and O–H groups in total. The molecule has 0 aliphatic heterocycles. The SMILES string of the molecule is CSc1nc(C)c(CCC(=O)Nc2cccc(F)c2)c(=O)[nH]1. The van der Waals surface area contributed by atoms with E-state index in [1.807, 2.05) is 6.26 Å². The van der Waals surface area contributed by atoms with E-state index in [1.165, 1.54) is 30.0 Å². The third kappa shape index (κ3) is 4.17. The number of anilines is 1. The van der Waals surface area contributed by atoms with Gasteiger partial charge in [0.25, 0.3) is 5.56 Å². The molecule has 0 fully saturated rings. The summed E-state index contributed by atoms with van der Waals surface area (Å²) in [4.78, 5) is 30.7. The van der Waals surface area contributed by atoms with E-state index < -0.39 is 5.82 Å². The van der Waals surface area contributed by atoms with Gasteiger partial charge in [0.2, 0.25) is 5.91 Å². The number of hydrogen-bond acceptors (Lipinski definition) is 4. The van der Waals surface area contributed by atoms with Gasteiger partial charge in [0.15, 0.2) is 5.16 Å². The van der Waals surface area contributed by atoms with Gasteiger partial charge in [-0.25, -0.2) is 9.37 Å². The van der Waals surface area contributed by atoms with E-state index in [0.717, 1.165) is 0 Å². The maximum atomic E-state index is 13.0. The molecular formula is C15H16FN3O2S. The average molecular weight is 321 g/mol. The second-order valence-electron chi connectivity index (χ2n) is 4.70. The molecule has 1 amide bonds. The van der Waals surface area contributed by atoms with Crippen molar-refractivity contribution in [1.29, 1.82) is 0 Å². The van der Waals surface area contributed by atoms with E-state index in [9.17, 15) is 14.0 Å². The smallest absolute Gasteiger partial charge is 0.254 e. The van der Waals surface area contributed by atoms with Gasteiger partial charge in [-0.3, -0.25) is 9.59 Å². The molecule has 0 unspecified atom stereocenters. The summed E-state index contributed by atoms with van der Waals surface area (Å²) in [5, 5.41) is 3.15. The van der Waals surface area contributed by atoms with Crippen LogP contribution in [0.1, 0.15) is 17.7 Å². The molecule has 5 nitrogen and oxygen atoms in total. The predicted octanol–water partition coefficient (Wildman–Crippen LogP) is 2.51. The molecular weight excluding hydrogens is 305 g/mol. The van der Waals surface area contributed by atoms with Gasteiger partial charge in [-0.2, -0.15) is 0 Å². The van der Waals surface area contributed by atoms with E-state index in [-0.39, 0.29) is 24.3 Å². The quantitative estimate of drug-likeness (QED) is 0.655. The molecule has 0 radical (unpaired) electrons. The molecule has 1 aromatic heterocycles. The highest BCUT2D eigenvalue weighted by atomic mass is 32.2. The van der Waals surface area contributed by atoms with Crippen LogP contribution in [0.2, 0.25) is 0 Å². The number of aryl methyl sites for hydroxylation is 1. The van der Waals surface area contributed by atoms with Crippen molar-refractivity contribution >= 4 is 23.4 Å². The van der Waals surface area contributed by atoms with Gasteiger partial charge < -0.3 is 10.3 Å². The third-order valence-electron chi connectivity index (χ3n) is 3.10. The minimum Gasteiger partial charge on any atom is -0.326 e. The largest absolute Gasteiger partial charge is 0.326 e. The standard InChI is InChI=1S/C15H16FN3O2S/c1-9-12(14(21)19-15(17-9)22-2)6-7-13(20)18-11-5-3-4-10(16)8-11/h3-5,8H,6-7H2,1-2H3,(H,18,20)(H,17,19,21). The van der Waals surface area contributed by atoms with E-state index in [2.05, 4.69) is 15.3 Å². The maximum Gasteiger partial charge on any atom is 0.254 e. The number of thioether (sulfide) groups is 1. The molecule has 0 saturated heterocycles. The Hall–Kier alpha value is -2.15. The molecule has 0 spiro atoms. The summed E-state index contributed by atoms with van der Waals surface area (Å²) < 4.78 is 13.0. The van der Waals surface area contributed by atoms with Crippen molar-refractivity contribution in [3.63, 3.8) is 0 Å². The maximum absolute atomic E-state index is 13.0. The van der Waals surface area contributed by atoms with Gasteiger partial charge in [-0.05, 0) is 37.8 Å². The fourth-order valence-electron chi connectivity index (χ4n) is 2.00. The minimum absolute atomic E-state index is 0.126. The number of carbonyl (C=O) groups excluding carboxylic acids is 1. The van der Waals surface area contributed by atoms with Crippen LogP contribution in [0.4, 0.5) is 10.1 Å². The summed E-state index contributed by atoms with van der Waals surface area (Å²) >= 11 is 1.35. The molecule has 0 atom stereocenters. The molecule has 116 valence electrons. The molecule has 7 heteroatoms. The number of amides is 1. The van der Waals surface area contributed by atoms with Gasteiger partial charge in [0.05, 0.1) is 0 Å². The van der Waals surface area contributed by atoms with Gasteiger partial charge in [0.1, 0.15) is 5.82 Å². The van der Waals surface area contributed by atoms with Crippen molar-refractivity contribution in [3.05, 3.63) is 51.7 Å². The second kappa shape index (κ2) is 7.22. The zero-order valence-corrected chi connectivity index (χ0v) is 13.1. The summed E-state index contributed by atoms with van der Waals surface area (Å²) in [5.41, 5.74) is 1.28. The monoisotopic (exact) mass is 321 g/mol. The summed E-state index contributed by atoms with van der Waals surface area (Å²) in [6, 6.07) is 5.67. The lowest BCUT2D eigenvalue weighted by atomic mass is 10.1. The zero-order valence-electron chi connectivity index (χ0n) is 12.3. The molecule has 0 bridgehead atoms. The first kappa shape index (κ1) is 16.2. The van der Waals surface area contributed by atoms with Crippen LogP contribution in [0.15, 0.2) is 34.2 Å². The fourth-order valence-corrected chi connectivity index (χ4v) is 2.43. The molecule has 2 rings (SSSR count). The Kier molecular flexibility index (Phi) is 5.32. The lowest BCUT2D eigenvalue weighted by Crippen LogP contribution is -2.20. The number of carbonyl (C=O) groups is 1. The van der Waals surface area contributed by atoms with Crippen LogP contribution in [-0.2, 0) is 11.2 Å². The number of nitrogens with zero attached hydrogens (tertiary/aromatic N) is 1. The first-order chi connectivity index (χ1) is 10.5. The second-order valence-corrected chi connectivity index (χ2v) is 5.49. The molecule has 1 aromatic carbocycles. The van der Waals surface area contributed by atoms with Crippen LogP contribution >= 0.6 is 11.8 Å². The highest BCUT2D eigenvalue weighted by Gasteiger charge is 2.10. The Balaban J connectivity index is 2.01. The predicted molar refractivity (Wildman–Crippen MR) is 84.7 cm³/mol. The highest BCUT2D eigenvalue weighted by molar-refractivity contribution is 7.98. The average Bonchev–Trinajstić information content (AvgIpc) is 2.46. The van der Waals surface area contributed by atoms with Crippen LogP contribution in [0.5, 0.6) is 0 Å². The lowest BCUT2D eigenvalue weighted by molar-refractivity contribution is -0.116. The minimum atomic E-state index is -0.415. The summed E-state index contributed by atoms with van der Waals surface area (Å²) in [7, 11) is 0. The van der Waals surface area contributed by atoms with Crippen molar-refractivity contribution in [2.45, 2.75) is 24.9 Å². The van der Waals surface area contributed by atoms with E-state index in [4.69, 9.17) is 0 Å². The number of halogens is 1. The number of hydrogen-bond donors (Lipinski definition) is 2. The molecule has 2 aromatic rings. The Morgan fingerprint density at radius 2 is 2.23 bits per heavy atom. The molecule has 0 aliphatic rings. The number of H-pyrrole nitrogens is 1. The Morgan fingerprint density at radius 3 is 2.86 bits per heavy atom. The molecule has 1 heterocycles. The van der Waals surface area contributed by atoms with E-state index in [1.54, 1.807) is 13.0 Å². The van der Waals surface area contributed by atoms with Gasteiger partial charge >= 0.3 is 0 Å². The first-order valence-corrected chi connectivity index (χ1v) is 7.91. The van der Waals surface area contributed by atoms with Crippen molar-refractivity contribution < 1.29 is 9.18 Å². The number of benzene rings is 1. The fraction of sp³-hybridized carbons (Fsp3) is 0.267. The number of aromatic amines is 1. The van der Waals surface area contributed by atoms with Crippen molar-refractivity contribution in [2.75, 3.05) is 11.6 Å². The summed E-state index contributed by atoms with van der Waals surface area (Å²) in [5.74, 6) is -0.694. The Morgan fingerprint density at radius 1 is 1.45 bits per heavy atom. The third-order valence-corrected chi connectivity index (χ3v) is 3.68. The van der Waals surface area contributed by atoms with Crippen LogP contribution in [0.25, 0.3) is 0 Å². The van der Waals surface area contributed by atoms with Gasteiger partial charge in [-0.1, -0.05) is 17.8 Å². The van der Waals surface area contributed by atoms with Crippen molar-refractivity contribution in [2.24, 2.45) is 0 Å². The normalized spacial score (nSPS) is 10.5.